The standard InChI is InChI=1S/C15H30N4O/c1-17-15(8-4-12(16)5-9-15)14(20)19(3)13-6-10-18(2)11-7-13/h12-13,17H,4-11,16H2,1-3H3. The van der Waals surface area contributed by atoms with Crippen molar-refractivity contribution in [2.24, 2.45) is 5.73 Å². The molecule has 0 unspecified atom stereocenters. The molecule has 0 spiro atoms. The highest BCUT2D eigenvalue weighted by atomic mass is 16.2. The second-order valence-corrected chi connectivity index (χ2v) is 6.62. The van der Waals surface area contributed by atoms with Gasteiger partial charge in [-0.2, -0.15) is 0 Å². The lowest BCUT2D eigenvalue weighted by Gasteiger charge is -2.43. The first-order valence-corrected chi connectivity index (χ1v) is 7.89. The second-order valence-electron chi connectivity index (χ2n) is 6.62. The summed E-state index contributed by atoms with van der Waals surface area (Å²) >= 11 is 0. The predicted octanol–water partition coefficient (Wildman–Crippen LogP) is 0.399. The van der Waals surface area contributed by atoms with Gasteiger partial charge in [0.15, 0.2) is 0 Å². The first-order valence-electron chi connectivity index (χ1n) is 7.89. The summed E-state index contributed by atoms with van der Waals surface area (Å²) in [7, 11) is 6.04. The molecule has 5 heteroatoms. The van der Waals surface area contributed by atoms with E-state index < -0.39 is 0 Å². The normalized spacial score (nSPS) is 33.1. The van der Waals surface area contributed by atoms with Crippen LogP contribution in [-0.4, -0.2) is 67.6 Å². The highest BCUT2D eigenvalue weighted by Gasteiger charge is 2.42. The molecule has 1 amide bonds. The number of likely N-dealkylation sites (tertiary alicyclic amines) is 1. The van der Waals surface area contributed by atoms with Gasteiger partial charge in [0.1, 0.15) is 0 Å². The van der Waals surface area contributed by atoms with Crippen molar-refractivity contribution in [3.8, 4) is 0 Å². The van der Waals surface area contributed by atoms with Gasteiger partial charge in [-0.3, -0.25) is 4.79 Å². The zero-order valence-corrected chi connectivity index (χ0v) is 13.2. The first kappa shape index (κ1) is 15.7. The SMILES string of the molecule is CNC1(C(=O)N(C)C2CCN(C)CC2)CCC(N)CC1. The minimum Gasteiger partial charge on any atom is -0.341 e. The average Bonchev–Trinajstić information content (AvgIpc) is 2.48. The Labute approximate surface area is 122 Å². The summed E-state index contributed by atoms with van der Waals surface area (Å²) in [4.78, 5) is 17.3. The third-order valence-corrected chi connectivity index (χ3v) is 5.33. The van der Waals surface area contributed by atoms with Crippen molar-refractivity contribution in [2.75, 3.05) is 34.2 Å². The van der Waals surface area contributed by atoms with E-state index in [-0.39, 0.29) is 17.5 Å². The Balaban J connectivity index is 2.01. The van der Waals surface area contributed by atoms with Crippen molar-refractivity contribution in [1.82, 2.24) is 15.1 Å². The third-order valence-electron chi connectivity index (χ3n) is 5.33. The molecular formula is C15H30N4O. The molecule has 2 rings (SSSR count). The lowest BCUT2D eigenvalue weighted by molar-refractivity contribution is -0.141. The zero-order valence-electron chi connectivity index (χ0n) is 13.2. The first-order chi connectivity index (χ1) is 9.48. The largest absolute Gasteiger partial charge is 0.341 e. The van der Waals surface area contributed by atoms with E-state index in [9.17, 15) is 4.79 Å². The van der Waals surface area contributed by atoms with Gasteiger partial charge in [0.2, 0.25) is 5.91 Å². The van der Waals surface area contributed by atoms with E-state index in [2.05, 4.69) is 17.3 Å². The summed E-state index contributed by atoms with van der Waals surface area (Å²) in [5, 5.41) is 3.31. The Morgan fingerprint density at radius 1 is 1.25 bits per heavy atom. The lowest BCUT2D eigenvalue weighted by atomic mass is 9.78. The Bertz CT molecular complexity index is 331. The van der Waals surface area contributed by atoms with Crippen LogP contribution in [-0.2, 0) is 4.79 Å². The number of nitrogens with two attached hydrogens (primary N) is 1. The van der Waals surface area contributed by atoms with Crippen LogP contribution in [0.1, 0.15) is 38.5 Å². The molecule has 1 aliphatic carbocycles. The number of rotatable bonds is 3. The zero-order chi connectivity index (χ0) is 14.8. The third kappa shape index (κ3) is 3.15. The van der Waals surface area contributed by atoms with Gasteiger partial charge in [-0.05, 0) is 65.7 Å². The van der Waals surface area contributed by atoms with Crippen LogP contribution in [0.25, 0.3) is 0 Å². The molecule has 2 fully saturated rings. The van der Waals surface area contributed by atoms with Crippen LogP contribution in [0.4, 0.5) is 0 Å². The van der Waals surface area contributed by atoms with Gasteiger partial charge in [-0.1, -0.05) is 0 Å². The van der Waals surface area contributed by atoms with E-state index in [1.807, 2.05) is 19.0 Å². The number of nitrogens with zero attached hydrogens (tertiary/aromatic N) is 2. The molecule has 1 saturated heterocycles. The summed E-state index contributed by atoms with van der Waals surface area (Å²) in [6.07, 6.45) is 5.76. The van der Waals surface area contributed by atoms with E-state index in [0.717, 1.165) is 51.6 Å². The summed E-state index contributed by atoms with van der Waals surface area (Å²) in [6.45, 7) is 2.17. The predicted molar refractivity (Wildman–Crippen MR) is 81.5 cm³/mol. The van der Waals surface area contributed by atoms with Crippen molar-refractivity contribution < 1.29 is 4.79 Å². The molecule has 1 aliphatic heterocycles. The Morgan fingerprint density at radius 3 is 2.30 bits per heavy atom. The van der Waals surface area contributed by atoms with E-state index >= 15 is 0 Å². The number of carbonyl (C=O) groups is 1. The van der Waals surface area contributed by atoms with Crippen molar-refractivity contribution in [2.45, 2.75) is 56.1 Å². The van der Waals surface area contributed by atoms with Crippen molar-refractivity contribution in [3.63, 3.8) is 0 Å². The summed E-state index contributed by atoms with van der Waals surface area (Å²) in [5.74, 6) is 0.265. The molecule has 116 valence electrons. The fraction of sp³-hybridized carbons (Fsp3) is 0.933. The highest BCUT2D eigenvalue weighted by molar-refractivity contribution is 5.86. The quantitative estimate of drug-likeness (QED) is 0.786. The highest BCUT2D eigenvalue weighted by Crippen LogP contribution is 2.30. The molecule has 0 atom stereocenters. The minimum absolute atomic E-state index is 0.262. The number of piperidine rings is 1. The van der Waals surface area contributed by atoms with E-state index in [1.165, 1.54) is 0 Å². The van der Waals surface area contributed by atoms with Gasteiger partial charge < -0.3 is 20.9 Å². The van der Waals surface area contributed by atoms with Crippen molar-refractivity contribution in [1.29, 1.82) is 0 Å². The molecule has 0 radical (unpaired) electrons. The molecule has 5 nitrogen and oxygen atoms in total. The fourth-order valence-electron chi connectivity index (χ4n) is 3.59. The molecule has 0 bridgehead atoms. The van der Waals surface area contributed by atoms with Gasteiger partial charge in [-0.15, -0.1) is 0 Å². The van der Waals surface area contributed by atoms with Crippen LogP contribution in [0, 0.1) is 0 Å². The van der Waals surface area contributed by atoms with Crippen LogP contribution in [0.3, 0.4) is 0 Å². The number of hydrogen-bond donors (Lipinski definition) is 2. The van der Waals surface area contributed by atoms with Gasteiger partial charge >= 0.3 is 0 Å². The molecule has 20 heavy (non-hydrogen) atoms. The van der Waals surface area contributed by atoms with Gasteiger partial charge in [0.25, 0.3) is 0 Å². The van der Waals surface area contributed by atoms with E-state index in [0.29, 0.717) is 6.04 Å². The number of hydrogen-bond acceptors (Lipinski definition) is 4. The van der Waals surface area contributed by atoms with Crippen LogP contribution >= 0.6 is 0 Å². The van der Waals surface area contributed by atoms with Crippen LogP contribution in [0.15, 0.2) is 0 Å². The molecule has 1 saturated carbocycles. The number of nitrogens with one attached hydrogen (secondary N) is 1. The fourth-order valence-corrected chi connectivity index (χ4v) is 3.59. The maximum Gasteiger partial charge on any atom is 0.242 e. The maximum atomic E-state index is 12.9. The molecule has 0 aromatic heterocycles. The Kier molecular flexibility index (Phi) is 5.04. The number of likely N-dealkylation sites (N-methyl/N-ethyl adjacent to an activating group) is 2. The molecular weight excluding hydrogens is 252 g/mol. The molecule has 3 N–H and O–H groups in total. The monoisotopic (exact) mass is 282 g/mol. The molecule has 1 heterocycles. The van der Waals surface area contributed by atoms with Crippen LogP contribution in [0.2, 0.25) is 0 Å². The smallest absolute Gasteiger partial charge is 0.242 e. The topological polar surface area (TPSA) is 61.6 Å². The summed E-state index contributed by atoms with van der Waals surface area (Å²) < 4.78 is 0. The maximum absolute atomic E-state index is 12.9. The van der Waals surface area contributed by atoms with Crippen LogP contribution < -0.4 is 11.1 Å². The molecule has 0 aromatic rings. The van der Waals surface area contributed by atoms with Crippen molar-refractivity contribution >= 4 is 5.91 Å². The average molecular weight is 282 g/mol. The number of amides is 1. The molecule has 0 aromatic carbocycles. The second kappa shape index (κ2) is 6.41. The van der Waals surface area contributed by atoms with Gasteiger partial charge in [-0.25, -0.2) is 0 Å². The van der Waals surface area contributed by atoms with Gasteiger partial charge in [0, 0.05) is 19.1 Å². The number of carbonyl (C=O) groups excluding carboxylic acids is 1. The molecule has 2 aliphatic rings. The minimum atomic E-state index is -0.381. The van der Waals surface area contributed by atoms with Crippen LogP contribution in [0.5, 0.6) is 0 Å². The Morgan fingerprint density at radius 2 is 1.80 bits per heavy atom. The summed E-state index contributed by atoms with van der Waals surface area (Å²) in [6, 6.07) is 0.650. The summed E-state index contributed by atoms with van der Waals surface area (Å²) in [5.41, 5.74) is 5.61. The van der Waals surface area contributed by atoms with Crippen molar-refractivity contribution in [3.05, 3.63) is 0 Å². The lowest BCUT2D eigenvalue weighted by Crippen LogP contribution is -2.61. The van der Waals surface area contributed by atoms with E-state index in [1.54, 1.807) is 0 Å². The van der Waals surface area contributed by atoms with Gasteiger partial charge in [0.05, 0.1) is 5.54 Å². The van der Waals surface area contributed by atoms with E-state index in [4.69, 9.17) is 5.73 Å². The Hall–Kier alpha value is -0.650.